The molecule has 178 valence electrons. The van der Waals surface area contributed by atoms with E-state index in [9.17, 15) is 26.4 Å². The molecular weight excluding hydrogens is 468 g/mol. The van der Waals surface area contributed by atoms with Crippen LogP contribution in [0.1, 0.15) is 30.1 Å². The summed E-state index contributed by atoms with van der Waals surface area (Å²) < 4.78 is 55.2. The Hall–Kier alpha value is -2.76. The summed E-state index contributed by atoms with van der Waals surface area (Å²) in [6, 6.07) is 11.5. The highest BCUT2D eigenvalue weighted by Gasteiger charge is 2.32. The lowest BCUT2D eigenvalue weighted by Gasteiger charge is -2.30. The van der Waals surface area contributed by atoms with Gasteiger partial charge in [-0.1, -0.05) is 0 Å². The molecule has 0 unspecified atom stereocenters. The summed E-state index contributed by atoms with van der Waals surface area (Å²) in [7, 11) is -7.20. The lowest BCUT2D eigenvalue weighted by molar-refractivity contribution is -0.120. The standard InChI is InChI=1S/C22H26N2O7S2/c1-3-31-22(26)17-4-6-18(7-5-17)23-21(25)16-12-14-24(15-13-16)33(29,30)20-10-8-19(9-11-20)32(2,27)28/h4-11,16H,3,12-15H2,1-2H3,(H,23,25). The van der Waals surface area contributed by atoms with Gasteiger partial charge in [-0.2, -0.15) is 4.31 Å². The molecule has 0 spiro atoms. The van der Waals surface area contributed by atoms with Gasteiger partial charge in [-0.25, -0.2) is 21.6 Å². The Morgan fingerprint density at radius 3 is 2.00 bits per heavy atom. The molecule has 1 heterocycles. The van der Waals surface area contributed by atoms with E-state index in [2.05, 4.69) is 5.32 Å². The molecule has 0 saturated carbocycles. The van der Waals surface area contributed by atoms with Crippen LogP contribution in [0.4, 0.5) is 5.69 Å². The van der Waals surface area contributed by atoms with Gasteiger partial charge in [0.15, 0.2) is 9.84 Å². The third-order valence-electron chi connectivity index (χ3n) is 5.38. The molecule has 1 aliphatic heterocycles. The molecule has 0 atom stereocenters. The van der Waals surface area contributed by atoms with Gasteiger partial charge in [-0.3, -0.25) is 4.79 Å². The van der Waals surface area contributed by atoms with Gasteiger partial charge in [0.25, 0.3) is 0 Å². The Kier molecular flexibility index (Phi) is 7.55. The summed E-state index contributed by atoms with van der Waals surface area (Å²) >= 11 is 0. The minimum atomic E-state index is -3.79. The maximum Gasteiger partial charge on any atom is 0.338 e. The maximum absolute atomic E-state index is 12.9. The summed E-state index contributed by atoms with van der Waals surface area (Å²) in [4.78, 5) is 24.4. The lowest BCUT2D eigenvalue weighted by Crippen LogP contribution is -2.41. The van der Waals surface area contributed by atoms with Crippen molar-refractivity contribution in [3.05, 3.63) is 54.1 Å². The number of sulfone groups is 1. The summed E-state index contributed by atoms with van der Waals surface area (Å²) in [6.07, 6.45) is 1.77. The van der Waals surface area contributed by atoms with Crippen LogP contribution in [-0.2, 0) is 29.4 Å². The minimum absolute atomic E-state index is 0.0134. The fourth-order valence-electron chi connectivity index (χ4n) is 3.51. The van der Waals surface area contributed by atoms with Crippen molar-refractivity contribution in [2.75, 3.05) is 31.3 Å². The van der Waals surface area contributed by atoms with Gasteiger partial charge < -0.3 is 10.1 Å². The zero-order chi connectivity index (χ0) is 24.2. The molecule has 9 nitrogen and oxygen atoms in total. The number of nitrogens with zero attached hydrogens (tertiary/aromatic N) is 1. The predicted molar refractivity (Wildman–Crippen MR) is 122 cm³/mol. The number of benzene rings is 2. The van der Waals surface area contributed by atoms with Crippen molar-refractivity contribution in [2.45, 2.75) is 29.6 Å². The van der Waals surface area contributed by atoms with E-state index >= 15 is 0 Å². The summed E-state index contributed by atoms with van der Waals surface area (Å²) in [5, 5.41) is 2.80. The molecule has 1 amide bonds. The Morgan fingerprint density at radius 2 is 1.48 bits per heavy atom. The largest absolute Gasteiger partial charge is 0.462 e. The molecule has 0 aromatic heterocycles. The quantitative estimate of drug-likeness (QED) is 0.585. The number of piperidine rings is 1. The third-order valence-corrected chi connectivity index (χ3v) is 8.42. The Morgan fingerprint density at radius 1 is 0.939 bits per heavy atom. The molecule has 2 aromatic rings. The van der Waals surface area contributed by atoms with Crippen LogP contribution in [0.5, 0.6) is 0 Å². The van der Waals surface area contributed by atoms with E-state index in [4.69, 9.17) is 4.74 Å². The fraction of sp³-hybridized carbons (Fsp3) is 0.364. The number of carbonyl (C=O) groups excluding carboxylic acids is 2. The van der Waals surface area contributed by atoms with Crippen LogP contribution in [0.3, 0.4) is 0 Å². The average Bonchev–Trinajstić information content (AvgIpc) is 2.79. The first kappa shape index (κ1) is 24.9. The van der Waals surface area contributed by atoms with E-state index in [1.165, 1.54) is 28.6 Å². The number of nitrogens with one attached hydrogen (secondary N) is 1. The van der Waals surface area contributed by atoms with Gasteiger partial charge >= 0.3 is 5.97 Å². The number of hydrogen-bond acceptors (Lipinski definition) is 7. The molecule has 0 bridgehead atoms. The van der Waals surface area contributed by atoms with Crippen molar-refractivity contribution in [3.63, 3.8) is 0 Å². The zero-order valence-corrected chi connectivity index (χ0v) is 20.0. The second-order valence-corrected chi connectivity index (χ2v) is 11.7. The van der Waals surface area contributed by atoms with Crippen LogP contribution in [0.25, 0.3) is 0 Å². The van der Waals surface area contributed by atoms with Gasteiger partial charge in [0.1, 0.15) is 0 Å². The van der Waals surface area contributed by atoms with Gasteiger partial charge in [-0.05, 0) is 68.3 Å². The number of rotatable bonds is 7. The highest BCUT2D eigenvalue weighted by atomic mass is 32.2. The lowest BCUT2D eigenvalue weighted by atomic mass is 9.97. The number of esters is 1. The number of sulfonamides is 1. The van der Waals surface area contributed by atoms with Gasteiger partial charge in [0.05, 0.1) is 22.0 Å². The summed E-state index contributed by atoms with van der Waals surface area (Å²) in [5.41, 5.74) is 0.923. The topological polar surface area (TPSA) is 127 Å². The van der Waals surface area contributed by atoms with Crippen molar-refractivity contribution >= 4 is 37.4 Å². The fourth-order valence-corrected chi connectivity index (χ4v) is 5.61. The normalized spacial score (nSPS) is 15.7. The van der Waals surface area contributed by atoms with Crippen molar-refractivity contribution < 1.29 is 31.2 Å². The van der Waals surface area contributed by atoms with E-state index in [-0.39, 0.29) is 41.3 Å². The zero-order valence-electron chi connectivity index (χ0n) is 18.4. The van der Waals surface area contributed by atoms with Crippen LogP contribution in [-0.4, -0.2) is 59.0 Å². The van der Waals surface area contributed by atoms with Crippen molar-refractivity contribution in [2.24, 2.45) is 5.92 Å². The van der Waals surface area contributed by atoms with E-state index in [0.717, 1.165) is 6.26 Å². The number of ether oxygens (including phenoxy) is 1. The second kappa shape index (κ2) is 10.0. The number of anilines is 1. The monoisotopic (exact) mass is 494 g/mol. The summed E-state index contributed by atoms with van der Waals surface area (Å²) in [6.45, 7) is 2.35. The molecule has 33 heavy (non-hydrogen) atoms. The SMILES string of the molecule is CCOC(=O)c1ccc(NC(=O)C2CCN(S(=O)(=O)c3ccc(S(C)(=O)=O)cc3)CC2)cc1. The van der Waals surface area contributed by atoms with E-state index in [1.807, 2.05) is 0 Å². The number of hydrogen-bond donors (Lipinski definition) is 1. The Bertz CT molecular complexity index is 1210. The van der Waals surface area contributed by atoms with E-state index < -0.39 is 25.8 Å². The number of carbonyl (C=O) groups is 2. The highest BCUT2D eigenvalue weighted by molar-refractivity contribution is 7.90. The van der Waals surface area contributed by atoms with Crippen molar-refractivity contribution in [1.29, 1.82) is 0 Å². The molecule has 1 N–H and O–H groups in total. The molecule has 2 aromatic carbocycles. The van der Waals surface area contributed by atoms with Crippen LogP contribution in [0, 0.1) is 5.92 Å². The third kappa shape index (κ3) is 5.98. The molecule has 11 heteroatoms. The molecular formula is C22H26N2O7S2. The number of amides is 1. The van der Waals surface area contributed by atoms with Crippen LogP contribution in [0.2, 0.25) is 0 Å². The molecule has 0 aliphatic carbocycles. The molecule has 1 aliphatic rings. The van der Waals surface area contributed by atoms with Crippen LogP contribution >= 0.6 is 0 Å². The predicted octanol–water partition coefficient (Wildman–Crippen LogP) is 2.31. The second-order valence-electron chi connectivity index (χ2n) is 7.71. The van der Waals surface area contributed by atoms with Crippen LogP contribution in [0.15, 0.2) is 58.3 Å². The summed E-state index contributed by atoms with van der Waals surface area (Å²) in [5.74, 6) is -1.00. The smallest absolute Gasteiger partial charge is 0.338 e. The van der Waals surface area contributed by atoms with Gasteiger partial charge in [0, 0.05) is 31.0 Å². The molecule has 3 rings (SSSR count). The molecule has 1 saturated heterocycles. The minimum Gasteiger partial charge on any atom is -0.462 e. The molecule has 0 radical (unpaired) electrons. The van der Waals surface area contributed by atoms with Crippen LogP contribution < -0.4 is 5.32 Å². The molecule has 1 fully saturated rings. The first-order valence-electron chi connectivity index (χ1n) is 10.4. The highest BCUT2D eigenvalue weighted by Crippen LogP contribution is 2.26. The van der Waals surface area contributed by atoms with E-state index in [1.54, 1.807) is 31.2 Å². The first-order valence-corrected chi connectivity index (χ1v) is 13.7. The maximum atomic E-state index is 12.9. The first-order chi connectivity index (χ1) is 15.5. The van der Waals surface area contributed by atoms with Crippen molar-refractivity contribution in [3.8, 4) is 0 Å². The van der Waals surface area contributed by atoms with E-state index in [0.29, 0.717) is 24.1 Å². The average molecular weight is 495 g/mol. The Labute approximate surface area is 193 Å². The Balaban J connectivity index is 1.58. The van der Waals surface area contributed by atoms with Gasteiger partial charge in [0.2, 0.25) is 15.9 Å². The van der Waals surface area contributed by atoms with Crippen molar-refractivity contribution in [1.82, 2.24) is 4.31 Å². The van der Waals surface area contributed by atoms with Gasteiger partial charge in [-0.15, -0.1) is 0 Å².